The summed E-state index contributed by atoms with van der Waals surface area (Å²) >= 11 is 0. The fourth-order valence-electron chi connectivity index (χ4n) is 2.78. The summed E-state index contributed by atoms with van der Waals surface area (Å²) in [4.78, 5) is 15.0. The number of carbonyl (C=O) groups is 1. The van der Waals surface area contributed by atoms with Crippen molar-refractivity contribution in [3.05, 3.63) is 48.0 Å². The largest absolute Gasteiger partial charge is 0.312 e. The average Bonchev–Trinajstić information content (AvgIpc) is 2.61. The molecular weight excluding hydrogens is 308 g/mol. The molecule has 0 amide bonds. The van der Waals surface area contributed by atoms with Gasteiger partial charge in [-0.15, -0.1) is 0 Å². The summed E-state index contributed by atoms with van der Waals surface area (Å²) in [6.45, 7) is 8.26. The molecule has 2 aromatic rings. The highest BCUT2D eigenvalue weighted by atomic mass is 16.1. The van der Waals surface area contributed by atoms with E-state index in [1.807, 2.05) is 36.4 Å². The van der Waals surface area contributed by atoms with E-state index in [9.17, 15) is 4.79 Å². The van der Waals surface area contributed by atoms with Crippen molar-refractivity contribution in [2.24, 2.45) is 0 Å². The molecule has 0 N–H and O–H groups in total. The third-order valence-electron chi connectivity index (χ3n) is 4.47. The maximum Gasteiger partial charge on any atom is 0.216 e. The zero-order valence-corrected chi connectivity index (χ0v) is 15.9. The van der Waals surface area contributed by atoms with E-state index in [-0.39, 0.29) is 5.78 Å². The highest BCUT2D eigenvalue weighted by molar-refractivity contribution is 6.00. The minimum Gasteiger partial charge on any atom is -0.312 e. The Kier molecular flexibility index (Phi) is 6.75. The Morgan fingerprint density at radius 2 is 1.68 bits per heavy atom. The molecule has 2 rings (SSSR count). The van der Waals surface area contributed by atoms with Crippen LogP contribution < -0.4 is 0 Å². The summed E-state index contributed by atoms with van der Waals surface area (Å²) in [6, 6.07) is 14.1. The monoisotopic (exact) mass is 337 g/mol. The normalized spacial score (nSPS) is 11.4. The lowest BCUT2D eigenvalue weighted by Crippen LogP contribution is -2.44. The smallest absolute Gasteiger partial charge is 0.216 e. The number of fused-ring (bicyclic) bond motifs is 1. The van der Waals surface area contributed by atoms with E-state index in [0.29, 0.717) is 17.6 Å². The van der Waals surface area contributed by atoms with Gasteiger partial charge in [-0.3, -0.25) is 9.69 Å². The van der Waals surface area contributed by atoms with Gasteiger partial charge < -0.3 is 4.48 Å². The van der Waals surface area contributed by atoms with Crippen LogP contribution >= 0.6 is 0 Å². The molecule has 0 saturated carbocycles. The summed E-state index contributed by atoms with van der Waals surface area (Å²) in [5.74, 6) is 6.64. The third-order valence-corrected chi connectivity index (χ3v) is 4.47. The number of ketones is 1. The lowest BCUT2D eigenvalue weighted by molar-refractivity contribution is -0.874. The van der Waals surface area contributed by atoms with Gasteiger partial charge in [0.1, 0.15) is 13.1 Å². The van der Waals surface area contributed by atoms with Crippen LogP contribution in [0.15, 0.2) is 42.5 Å². The molecule has 0 spiro atoms. The fraction of sp³-hybridized carbons (Fsp3) is 0.409. The van der Waals surface area contributed by atoms with Gasteiger partial charge in [0.25, 0.3) is 0 Å². The Balaban J connectivity index is 1.98. The van der Waals surface area contributed by atoms with Gasteiger partial charge in [0.2, 0.25) is 5.78 Å². The van der Waals surface area contributed by atoms with Gasteiger partial charge in [0.05, 0.1) is 20.6 Å². The second kappa shape index (κ2) is 8.80. The summed E-state index contributed by atoms with van der Waals surface area (Å²) in [6.07, 6.45) is 0. The Labute approximate surface area is 151 Å². The van der Waals surface area contributed by atoms with Gasteiger partial charge in [-0.1, -0.05) is 56.2 Å². The molecular formula is C22H29N2O+. The second-order valence-electron chi connectivity index (χ2n) is 7.05. The van der Waals surface area contributed by atoms with Gasteiger partial charge in [0.15, 0.2) is 0 Å². The number of likely N-dealkylation sites (N-methyl/N-ethyl adjacent to an activating group) is 1. The van der Waals surface area contributed by atoms with Crippen LogP contribution in [0.5, 0.6) is 0 Å². The first kappa shape index (κ1) is 19.2. The fourth-order valence-corrected chi connectivity index (χ4v) is 2.78. The molecule has 3 heteroatoms. The molecule has 0 atom stereocenters. The van der Waals surface area contributed by atoms with Crippen LogP contribution in [-0.4, -0.2) is 62.0 Å². The van der Waals surface area contributed by atoms with Crippen LogP contribution in [-0.2, 0) is 0 Å². The number of hydrogen-bond donors (Lipinski definition) is 0. The van der Waals surface area contributed by atoms with Crippen molar-refractivity contribution in [1.82, 2.24) is 4.90 Å². The lowest BCUT2D eigenvalue weighted by Gasteiger charge is -2.26. The molecule has 0 heterocycles. The molecule has 2 aromatic carbocycles. The molecule has 0 aliphatic rings. The van der Waals surface area contributed by atoms with E-state index in [0.717, 1.165) is 36.0 Å². The van der Waals surface area contributed by atoms with Crippen molar-refractivity contribution in [2.45, 2.75) is 13.8 Å². The van der Waals surface area contributed by atoms with Crippen LogP contribution in [0.4, 0.5) is 0 Å². The molecule has 0 aliphatic heterocycles. The lowest BCUT2D eigenvalue weighted by atomic mass is 10.0. The quantitative estimate of drug-likeness (QED) is 0.438. The summed E-state index contributed by atoms with van der Waals surface area (Å²) in [5, 5.41) is 2.27. The Bertz CT molecular complexity index is 779. The van der Waals surface area contributed by atoms with E-state index in [2.05, 4.69) is 50.7 Å². The topological polar surface area (TPSA) is 20.3 Å². The first-order valence-electron chi connectivity index (χ1n) is 8.97. The molecule has 0 aromatic heterocycles. The SMILES string of the molecule is CCN(CC)CC#CC[N+](C)(C)CC(=O)c1ccc2ccccc2c1. The molecule has 132 valence electrons. The zero-order chi connectivity index (χ0) is 18.3. The second-order valence-corrected chi connectivity index (χ2v) is 7.05. The molecule has 0 bridgehead atoms. The first-order chi connectivity index (χ1) is 11.9. The molecule has 0 radical (unpaired) electrons. The number of hydrogen-bond acceptors (Lipinski definition) is 2. The van der Waals surface area contributed by atoms with Crippen LogP contribution in [0.3, 0.4) is 0 Å². The van der Waals surface area contributed by atoms with E-state index in [1.54, 1.807) is 0 Å². The molecule has 25 heavy (non-hydrogen) atoms. The van der Waals surface area contributed by atoms with Crippen molar-refractivity contribution in [3.63, 3.8) is 0 Å². The molecule has 0 saturated heterocycles. The highest BCUT2D eigenvalue weighted by Crippen LogP contribution is 2.16. The van der Waals surface area contributed by atoms with Gasteiger partial charge >= 0.3 is 0 Å². The van der Waals surface area contributed by atoms with Crippen LogP contribution in [0, 0.1) is 11.8 Å². The zero-order valence-electron chi connectivity index (χ0n) is 15.9. The number of Topliss-reactive ketones (excluding diaryl/α,β-unsaturated/α-hetero) is 1. The summed E-state index contributed by atoms with van der Waals surface area (Å²) < 4.78 is 0.580. The van der Waals surface area contributed by atoms with Gasteiger partial charge in [-0.25, -0.2) is 0 Å². The van der Waals surface area contributed by atoms with E-state index >= 15 is 0 Å². The summed E-state index contributed by atoms with van der Waals surface area (Å²) in [5.41, 5.74) is 0.779. The molecule has 0 fully saturated rings. The molecule has 0 aliphatic carbocycles. The number of benzene rings is 2. The number of quaternary nitrogens is 1. The van der Waals surface area contributed by atoms with Crippen LogP contribution in [0.25, 0.3) is 10.8 Å². The van der Waals surface area contributed by atoms with Gasteiger partial charge in [0, 0.05) is 5.56 Å². The minimum absolute atomic E-state index is 0.168. The van der Waals surface area contributed by atoms with E-state index in [4.69, 9.17) is 0 Å². The van der Waals surface area contributed by atoms with Crippen LogP contribution in [0.2, 0.25) is 0 Å². The van der Waals surface area contributed by atoms with Crippen molar-refractivity contribution >= 4 is 16.6 Å². The standard InChI is InChI=1S/C22H29N2O/c1-5-23(6-2)15-9-10-16-24(3,4)18-22(25)21-14-13-19-11-7-8-12-20(19)17-21/h7-8,11-14,17H,5-6,15-16,18H2,1-4H3/q+1. The van der Waals surface area contributed by atoms with Gasteiger partial charge in [-0.2, -0.15) is 0 Å². The Hall–Kier alpha value is -2.15. The van der Waals surface area contributed by atoms with Crippen molar-refractivity contribution in [3.8, 4) is 11.8 Å². The maximum atomic E-state index is 12.7. The van der Waals surface area contributed by atoms with Crippen LogP contribution in [0.1, 0.15) is 24.2 Å². The number of carbonyl (C=O) groups excluding carboxylic acids is 1. The Morgan fingerprint density at radius 1 is 1.00 bits per heavy atom. The van der Waals surface area contributed by atoms with Gasteiger partial charge in [-0.05, 0) is 35.8 Å². The third kappa shape index (κ3) is 5.70. The van der Waals surface area contributed by atoms with Crippen molar-refractivity contribution in [1.29, 1.82) is 0 Å². The maximum absolute atomic E-state index is 12.7. The molecule has 3 nitrogen and oxygen atoms in total. The number of rotatable bonds is 7. The summed E-state index contributed by atoms with van der Waals surface area (Å²) in [7, 11) is 4.12. The average molecular weight is 337 g/mol. The first-order valence-corrected chi connectivity index (χ1v) is 8.97. The van der Waals surface area contributed by atoms with Crippen molar-refractivity contribution in [2.75, 3.05) is 46.8 Å². The number of nitrogens with zero attached hydrogens (tertiary/aromatic N) is 2. The van der Waals surface area contributed by atoms with Crippen molar-refractivity contribution < 1.29 is 9.28 Å². The predicted octanol–water partition coefficient (Wildman–Crippen LogP) is 3.44. The predicted molar refractivity (Wildman–Crippen MR) is 106 cm³/mol. The van der Waals surface area contributed by atoms with E-state index in [1.165, 1.54) is 0 Å². The highest BCUT2D eigenvalue weighted by Gasteiger charge is 2.20. The molecule has 0 unspecified atom stereocenters. The Morgan fingerprint density at radius 3 is 2.36 bits per heavy atom. The minimum atomic E-state index is 0.168. The van der Waals surface area contributed by atoms with E-state index < -0.39 is 0 Å².